The van der Waals surface area contributed by atoms with Gasteiger partial charge in [-0.25, -0.2) is 22.7 Å². The van der Waals surface area contributed by atoms with E-state index in [1.807, 2.05) is 20.8 Å². The van der Waals surface area contributed by atoms with Gasteiger partial charge in [0.15, 0.2) is 0 Å². The minimum absolute atomic E-state index is 0. The molecule has 8 saturated carbocycles. The first kappa shape index (κ1) is 35.3. The van der Waals surface area contributed by atoms with Crippen molar-refractivity contribution in [1.82, 2.24) is 19.7 Å². The molecule has 1 amide bonds. The summed E-state index contributed by atoms with van der Waals surface area (Å²) in [5.41, 5.74) is -0.452. The summed E-state index contributed by atoms with van der Waals surface area (Å²) >= 11 is 0. The highest BCUT2D eigenvalue weighted by molar-refractivity contribution is 7.84. The number of carbonyl (C=O) groups is 1. The molecule has 0 spiro atoms. The molecule has 0 aromatic carbocycles. The molecule has 2 unspecified atom stereocenters. The van der Waals surface area contributed by atoms with Crippen molar-refractivity contribution in [1.29, 1.82) is 0 Å². The number of nitrogens with zero attached hydrogens (tertiary/aromatic N) is 1. The molecule has 0 radical (unpaired) electrons. The Bertz CT molecular complexity index is 1060. The summed E-state index contributed by atoms with van der Waals surface area (Å²) < 4.78 is 38.8. The Morgan fingerprint density at radius 2 is 1.02 bits per heavy atom. The summed E-state index contributed by atoms with van der Waals surface area (Å²) in [5, 5.41) is 3.38. The minimum atomic E-state index is -0.945. The van der Waals surface area contributed by atoms with Gasteiger partial charge in [0.25, 0.3) is 0 Å². The van der Waals surface area contributed by atoms with E-state index in [-0.39, 0.29) is 29.1 Å². The van der Waals surface area contributed by atoms with Crippen molar-refractivity contribution in [2.24, 2.45) is 35.5 Å². The Balaban J connectivity index is 0.000000165. The molecule has 2 atom stereocenters. The average Bonchev–Trinajstić information content (AvgIpc) is 2.96. The van der Waals surface area contributed by atoms with E-state index in [2.05, 4.69) is 14.8 Å². The topological polar surface area (TPSA) is 99.8 Å². The Morgan fingerprint density at radius 1 is 0.674 bits per heavy atom. The second kappa shape index (κ2) is 14.0. The first-order chi connectivity index (χ1) is 21.5. The molecule has 10 aliphatic rings. The summed E-state index contributed by atoms with van der Waals surface area (Å²) in [5.74, 6) is 5.14. The molecule has 0 aromatic rings. The number of ether oxygens (including phenoxy) is 1. The maximum atomic E-state index is 13.3. The van der Waals surface area contributed by atoms with E-state index in [4.69, 9.17) is 4.74 Å². The van der Waals surface area contributed by atoms with Crippen LogP contribution in [-0.4, -0.2) is 72.8 Å². The van der Waals surface area contributed by atoms with Crippen LogP contribution < -0.4 is 14.8 Å². The van der Waals surface area contributed by atoms with Gasteiger partial charge in [-0.2, -0.15) is 0 Å². The number of hydrogen-bond donors (Lipinski definition) is 3. The van der Waals surface area contributed by atoms with Gasteiger partial charge in [0, 0.05) is 25.2 Å². The molecule has 3 N–H and O–H groups in total. The lowest BCUT2D eigenvalue weighted by molar-refractivity contribution is 0.0201. The summed E-state index contributed by atoms with van der Waals surface area (Å²) in [4.78, 5) is 14.0. The molecule has 8 nitrogen and oxygen atoms in total. The fourth-order valence-electron chi connectivity index (χ4n) is 11.5. The van der Waals surface area contributed by atoms with Crippen LogP contribution in [0.5, 0.6) is 0 Å². The summed E-state index contributed by atoms with van der Waals surface area (Å²) in [7, 11) is -1.75. The van der Waals surface area contributed by atoms with Crippen LogP contribution in [0.1, 0.15) is 131 Å². The van der Waals surface area contributed by atoms with Gasteiger partial charge >= 0.3 is 6.09 Å². The molecule has 10 rings (SSSR count). The molecule has 264 valence electrons. The van der Waals surface area contributed by atoms with Crippen molar-refractivity contribution < 1.29 is 17.9 Å². The van der Waals surface area contributed by atoms with E-state index in [1.165, 1.54) is 57.8 Å². The third-order valence-electron chi connectivity index (χ3n) is 12.8. The molecule has 8 bridgehead atoms. The van der Waals surface area contributed by atoms with Crippen molar-refractivity contribution in [3.05, 3.63) is 0 Å². The standard InChI is InChI=1S/C20H34N2O3S.C15H26N2OS.CH4/c1-19(2,3)25-18(23)22-6-4-17(5-7-22)21-26(24)20-11-14-8-15(12-20)10-16(9-14)13-20;18-19(17-14-1-3-16-4-2-14)15-8-11-5-12(9-15)7-13(6-11)10-15;/h14-17,21H,4-13H2,1-3H3;11-14,16-17H,1-10H2;1H4. The van der Waals surface area contributed by atoms with Gasteiger partial charge in [0.1, 0.15) is 5.60 Å². The fourth-order valence-corrected chi connectivity index (χ4v) is 15.4. The monoisotopic (exact) mass is 680 g/mol. The van der Waals surface area contributed by atoms with Gasteiger partial charge in [-0.15, -0.1) is 0 Å². The molecule has 46 heavy (non-hydrogen) atoms. The maximum absolute atomic E-state index is 13.3. The third-order valence-corrected chi connectivity index (χ3v) is 16.5. The highest BCUT2D eigenvalue weighted by Gasteiger charge is 2.55. The van der Waals surface area contributed by atoms with E-state index in [1.54, 1.807) is 4.90 Å². The van der Waals surface area contributed by atoms with Gasteiger partial charge in [-0.1, -0.05) is 7.43 Å². The van der Waals surface area contributed by atoms with Gasteiger partial charge < -0.3 is 15.0 Å². The third kappa shape index (κ3) is 7.76. The molecule has 2 heterocycles. The molecule has 10 heteroatoms. The first-order valence-corrected chi connectivity index (χ1v) is 20.8. The molecule has 8 aliphatic carbocycles. The maximum Gasteiger partial charge on any atom is 0.410 e. The predicted octanol–water partition coefficient (Wildman–Crippen LogP) is 6.20. The fraction of sp³-hybridized carbons (Fsp3) is 0.972. The van der Waals surface area contributed by atoms with Crippen LogP contribution in [0, 0.1) is 35.5 Å². The molecule has 2 aliphatic heterocycles. The van der Waals surface area contributed by atoms with Crippen LogP contribution in [0.15, 0.2) is 0 Å². The van der Waals surface area contributed by atoms with Crippen molar-refractivity contribution in [2.45, 2.75) is 158 Å². The van der Waals surface area contributed by atoms with Gasteiger partial charge in [0.05, 0.1) is 31.5 Å². The Kier molecular flexibility index (Phi) is 10.7. The quantitative estimate of drug-likeness (QED) is 0.310. The summed E-state index contributed by atoms with van der Waals surface area (Å²) in [6.45, 7) is 9.22. The van der Waals surface area contributed by atoms with E-state index in [0.29, 0.717) is 19.1 Å². The smallest absolute Gasteiger partial charge is 0.410 e. The highest BCUT2D eigenvalue weighted by atomic mass is 32.2. The van der Waals surface area contributed by atoms with Gasteiger partial charge in [-0.3, -0.25) is 0 Å². The number of nitrogens with one attached hydrogen (secondary N) is 3. The zero-order valence-corrected chi connectivity index (χ0v) is 29.8. The Hall–Kier alpha value is -0.550. The lowest BCUT2D eigenvalue weighted by Crippen LogP contribution is -2.57. The summed E-state index contributed by atoms with van der Waals surface area (Å²) in [6.07, 6.45) is 19.4. The molecule has 0 aromatic heterocycles. The predicted molar refractivity (Wildman–Crippen MR) is 188 cm³/mol. The van der Waals surface area contributed by atoms with E-state index < -0.39 is 27.6 Å². The zero-order chi connectivity index (χ0) is 31.4. The van der Waals surface area contributed by atoms with E-state index in [9.17, 15) is 13.2 Å². The van der Waals surface area contributed by atoms with Crippen LogP contribution in [0.2, 0.25) is 0 Å². The number of hydrogen-bond acceptors (Lipinski definition) is 5. The van der Waals surface area contributed by atoms with Crippen molar-refractivity contribution in [2.75, 3.05) is 26.2 Å². The second-order valence-corrected chi connectivity index (χ2v) is 21.0. The van der Waals surface area contributed by atoms with Crippen molar-refractivity contribution in [3.63, 3.8) is 0 Å². The van der Waals surface area contributed by atoms with E-state index in [0.717, 1.165) is 93.5 Å². The normalized spacial score (nSPS) is 41.3. The lowest BCUT2D eigenvalue weighted by Gasteiger charge is -2.56. The number of piperidine rings is 2. The molecular formula is C36H64N4O4S2. The van der Waals surface area contributed by atoms with Crippen LogP contribution in [0.25, 0.3) is 0 Å². The summed E-state index contributed by atoms with van der Waals surface area (Å²) in [6, 6.07) is 0.734. The van der Waals surface area contributed by atoms with Crippen LogP contribution in [0.4, 0.5) is 4.79 Å². The zero-order valence-electron chi connectivity index (χ0n) is 28.2. The molecular weight excluding hydrogens is 617 g/mol. The minimum Gasteiger partial charge on any atom is -0.444 e. The molecule has 2 saturated heterocycles. The first-order valence-electron chi connectivity index (χ1n) is 18.5. The van der Waals surface area contributed by atoms with Gasteiger partial charge in [-0.05, 0) is 172 Å². The Morgan fingerprint density at radius 3 is 1.37 bits per heavy atom. The number of likely N-dealkylation sites (tertiary alicyclic amines) is 1. The Labute approximate surface area is 284 Å². The number of rotatable bonds is 6. The lowest BCUT2D eigenvalue weighted by atomic mass is 9.56. The van der Waals surface area contributed by atoms with Crippen molar-refractivity contribution in [3.8, 4) is 0 Å². The largest absolute Gasteiger partial charge is 0.444 e. The van der Waals surface area contributed by atoms with E-state index >= 15 is 0 Å². The van der Waals surface area contributed by atoms with Crippen LogP contribution in [0.3, 0.4) is 0 Å². The van der Waals surface area contributed by atoms with Gasteiger partial charge in [0.2, 0.25) is 0 Å². The highest BCUT2D eigenvalue weighted by Crippen LogP contribution is 2.58. The average molecular weight is 681 g/mol. The second-order valence-electron chi connectivity index (χ2n) is 17.7. The number of carbonyl (C=O) groups excluding carboxylic acids is 1. The number of amides is 1. The molecule has 10 fully saturated rings. The van der Waals surface area contributed by atoms with Crippen LogP contribution in [-0.2, 0) is 26.7 Å². The van der Waals surface area contributed by atoms with Crippen LogP contribution >= 0.6 is 0 Å². The SMILES string of the molecule is C.CC(C)(C)OC(=O)N1CCC(NS(=O)C23CC4CC(CC(C4)C2)C3)CC1.O=S(NC1CCNCC1)C12CC3CC(CC(C3)C1)C2. The van der Waals surface area contributed by atoms with Crippen molar-refractivity contribution >= 4 is 28.1 Å².